The van der Waals surface area contributed by atoms with Crippen molar-refractivity contribution in [2.24, 2.45) is 0 Å². The van der Waals surface area contributed by atoms with Gasteiger partial charge in [-0.25, -0.2) is 4.79 Å². The van der Waals surface area contributed by atoms with Gasteiger partial charge < -0.3 is 5.32 Å². The Hall–Kier alpha value is -2.67. The third-order valence-electron chi connectivity index (χ3n) is 4.48. The highest BCUT2D eigenvalue weighted by molar-refractivity contribution is 7.17. The number of aromatic nitrogens is 2. The lowest BCUT2D eigenvalue weighted by atomic mass is 10.1. The fraction of sp³-hybridized carbons (Fsp3) is 0.350. The van der Waals surface area contributed by atoms with Crippen LogP contribution in [0.5, 0.6) is 0 Å². The fourth-order valence-corrected chi connectivity index (χ4v) is 3.75. The number of rotatable bonds is 7. The Bertz CT molecular complexity index is 1060. The minimum absolute atomic E-state index is 0.107. The number of hydrogen-bond acceptors (Lipinski definition) is 4. The summed E-state index contributed by atoms with van der Waals surface area (Å²) in [5.41, 5.74) is 1.98. The molecule has 6 nitrogen and oxygen atoms in total. The molecule has 3 rings (SSSR count). The summed E-state index contributed by atoms with van der Waals surface area (Å²) in [6.07, 6.45) is 1.62. The Morgan fingerprint density at radius 2 is 1.85 bits per heavy atom. The van der Waals surface area contributed by atoms with Crippen molar-refractivity contribution in [1.29, 1.82) is 0 Å². The molecule has 0 unspecified atom stereocenters. The third-order valence-corrected chi connectivity index (χ3v) is 5.38. The lowest BCUT2D eigenvalue weighted by Gasteiger charge is -2.12. The molecule has 2 heterocycles. The zero-order chi connectivity index (χ0) is 19.4. The summed E-state index contributed by atoms with van der Waals surface area (Å²) in [5.74, 6) is -0.258. The molecular weight excluding hydrogens is 362 g/mol. The first-order valence-electron chi connectivity index (χ1n) is 9.04. The van der Waals surface area contributed by atoms with Gasteiger partial charge in [0.1, 0.15) is 11.2 Å². The van der Waals surface area contributed by atoms with Gasteiger partial charge in [-0.05, 0) is 30.4 Å². The van der Waals surface area contributed by atoms with Gasteiger partial charge in [0, 0.05) is 13.1 Å². The van der Waals surface area contributed by atoms with E-state index in [1.165, 1.54) is 20.5 Å². The minimum Gasteiger partial charge on any atom is -0.350 e. The van der Waals surface area contributed by atoms with Gasteiger partial charge in [0.05, 0.1) is 5.52 Å². The summed E-state index contributed by atoms with van der Waals surface area (Å²) in [7, 11) is 0. The predicted octanol–water partition coefficient (Wildman–Crippen LogP) is 2.65. The van der Waals surface area contributed by atoms with Crippen molar-refractivity contribution < 1.29 is 4.79 Å². The summed E-state index contributed by atoms with van der Waals surface area (Å²) in [4.78, 5) is 37.8. The number of nitrogens with one attached hydrogen (secondary N) is 1. The standard InChI is InChI=1S/C20H23N3O3S/c1-3-4-10-22-19(25)18-16(9-11-27-18)23(20(22)26)13-17(24)21-12-15-7-5-14(2)6-8-15/h5-9,11H,3-4,10,12-13H2,1-2H3,(H,21,24). The van der Waals surface area contributed by atoms with E-state index in [-0.39, 0.29) is 18.0 Å². The highest BCUT2D eigenvalue weighted by atomic mass is 32.1. The molecule has 0 aliphatic heterocycles. The van der Waals surface area contributed by atoms with Crippen LogP contribution in [0.4, 0.5) is 0 Å². The molecule has 1 aromatic carbocycles. The lowest BCUT2D eigenvalue weighted by Crippen LogP contribution is -2.42. The number of unbranched alkanes of at least 4 members (excludes halogenated alkanes) is 1. The van der Waals surface area contributed by atoms with E-state index >= 15 is 0 Å². The van der Waals surface area contributed by atoms with E-state index < -0.39 is 5.69 Å². The average Bonchev–Trinajstić information content (AvgIpc) is 3.14. The van der Waals surface area contributed by atoms with Crippen LogP contribution < -0.4 is 16.6 Å². The molecule has 0 aliphatic rings. The smallest absolute Gasteiger partial charge is 0.332 e. The summed E-state index contributed by atoms with van der Waals surface area (Å²) >= 11 is 1.30. The lowest BCUT2D eigenvalue weighted by molar-refractivity contribution is -0.121. The van der Waals surface area contributed by atoms with E-state index in [4.69, 9.17) is 0 Å². The quantitative estimate of drug-likeness (QED) is 0.680. The number of amides is 1. The summed E-state index contributed by atoms with van der Waals surface area (Å²) in [6.45, 7) is 4.67. The van der Waals surface area contributed by atoms with Crippen molar-refractivity contribution in [3.05, 3.63) is 67.7 Å². The summed E-state index contributed by atoms with van der Waals surface area (Å²) < 4.78 is 3.15. The highest BCUT2D eigenvalue weighted by Crippen LogP contribution is 2.15. The Balaban J connectivity index is 1.84. The molecule has 27 heavy (non-hydrogen) atoms. The maximum Gasteiger partial charge on any atom is 0.332 e. The van der Waals surface area contributed by atoms with Crippen molar-refractivity contribution in [2.45, 2.75) is 46.3 Å². The van der Waals surface area contributed by atoms with E-state index in [0.29, 0.717) is 23.3 Å². The molecule has 0 spiro atoms. The van der Waals surface area contributed by atoms with Crippen LogP contribution in [0, 0.1) is 6.92 Å². The predicted molar refractivity (Wildman–Crippen MR) is 108 cm³/mol. The first-order chi connectivity index (χ1) is 13.0. The number of hydrogen-bond donors (Lipinski definition) is 1. The van der Waals surface area contributed by atoms with Crippen LogP contribution in [0.1, 0.15) is 30.9 Å². The van der Waals surface area contributed by atoms with Crippen LogP contribution in [0.3, 0.4) is 0 Å². The first kappa shape index (κ1) is 19.1. The number of carbonyl (C=O) groups excluding carboxylic acids is 1. The van der Waals surface area contributed by atoms with Crippen molar-refractivity contribution in [2.75, 3.05) is 0 Å². The van der Waals surface area contributed by atoms with Gasteiger partial charge in [0.15, 0.2) is 0 Å². The van der Waals surface area contributed by atoms with Crippen LogP contribution in [-0.4, -0.2) is 15.0 Å². The third kappa shape index (κ3) is 4.19. The van der Waals surface area contributed by atoms with Crippen LogP contribution in [0.15, 0.2) is 45.3 Å². The SMILES string of the molecule is CCCCn1c(=O)c2sccc2n(CC(=O)NCc2ccc(C)cc2)c1=O. The average molecular weight is 385 g/mol. The number of nitrogens with zero attached hydrogens (tertiary/aromatic N) is 2. The molecule has 0 fully saturated rings. The summed E-state index contributed by atoms with van der Waals surface area (Å²) in [5, 5.41) is 4.62. The second kappa shape index (κ2) is 8.35. The van der Waals surface area contributed by atoms with Crippen LogP contribution in [0.2, 0.25) is 0 Å². The van der Waals surface area contributed by atoms with E-state index in [0.717, 1.165) is 24.0 Å². The molecule has 2 aromatic heterocycles. The number of fused-ring (bicyclic) bond motifs is 1. The zero-order valence-corrected chi connectivity index (χ0v) is 16.3. The Labute approximate surface area is 161 Å². The molecule has 0 radical (unpaired) electrons. The fourth-order valence-electron chi connectivity index (χ4n) is 2.91. The van der Waals surface area contributed by atoms with Crippen LogP contribution in [-0.2, 0) is 24.4 Å². The Morgan fingerprint density at radius 3 is 2.56 bits per heavy atom. The van der Waals surface area contributed by atoms with Crippen molar-refractivity contribution in [1.82, 2.24) is 14.5 Å². The molecule has 1 N–H and O–H groups in total. The number of aryl methyl sites for hydroxylation is 1. The van der Waals surface area contributed by atoms with Gasteiger partial charge in [-0.2, -0.15) is 0 Å². The van der Waals surface area contributed by atoms with E-state index in [1.54, 1.807) is 11.4 Å². The maximum atomic E-state index is 12.8. The molecule has 3 aromatic rings. The molecule has 0 saturated heterocycles. The van der Waals surface area contributed by atoms with Crippen molar-refractivity contribution in [3.8, 4) is 0 Å². The van der Waals surface area contributed by atoms with Crippen LogP contribution in [0.25, 0.3) is 10.2 Å². The Morgan fingerprint density at radius 1 is 1.11 bits per heavy atom. The van der Waals surface area contributed by atoms with Gasteiger partial charge in [-0.15, -0.1) is 11.3 Å². The van der Waals surface area contributed by atoms with Crippen LogP contribution >= 0.6 is 11.3 Å². The summed E-state index contributed by atoms with van der Waals surface area (Å²) in [6, 6.07) is 9.63. The van der Waals surface area contributed by atoms with Gasteiger partial charge in [0.2, 0.25) is 5.91 Å². The second-order valence-corrected chi connectivity index (χ2v) is 7.49. The van der Waals surface area contributed by atoms with Gasteiger partial charge >= 0.3 is 5.69 Å². The molecule has 142 valence electrons. The molecule has 0 aliphatic carbocycles. The second-order valence-electron chi connectivity index (χ2n) is 6.58. The van der Waals surface area contributed by atoms with E-state index in [9.17, 15) is 14.4 Å². The highest BCUT2D eigenvalue weighted by Gasteiger charge is 2.16. The molecule has 0 saturated carbocycles. The van der Waals surface area contributed by atoms with Gasteiger partial charge in [-0.3, -0.25) is 18.7 Å². The zero-order valence-electron chi connectivity index (χ0n) is 15.5. The van der Waals surface area contributed by atoms with E-state index in [2.05, 4.69) is 5.32 Å². The maximum absolute atomic E-state index is 12.8. The van der Waals surface area contributed by atoms with E-state index in [1.807, 2.05) is 38.1 Å². The number of benzene rings is 1. The number of carbonyl (C=O) groups is 1. The van der Waals surface area contributed by atoms with Gasteiger partial charge in [-0.1, -0.05) is 43.2 Å². The largest absolute Gasteiger partial charge is 0.350 e. The monoisotopic (exact) mass is 385 g/mol. The molecule has 0 atom stereocenters. The minimum atomic E-state index is -0.426. The normalized spacial score (nSPS) is 11.0. The molecule has 1 amide bonds. The van der Waals surface area contributed by atoms with Crippen molar-refractivity contribution >= 4 is 27.5 Å². The first-order valence-corrected chi connectivity index (χ1v) is 9.92. The van der Waals surface area contributed by atoms with Crippen molar-refractivity contribution in [3.63, 3.8) is 0 Å². The molecule has 7 heteroatoms. The Kier molecular flexibility index (Phi) is 5.91. The topological polar surface area (TPSA) is 73.1 Å². The number of thiophene rings is 1. The van der Waals surface area contributed by atoms with Gasteiger partial charge in [0.25, 0.3) is 5.56 Å². The molecular formula is C20H23N3O3S. The molecule has 0 bridgehead atoms.